The van der Waals surface area contributed by atoms with E-state index in [1.165, 1.54) is 32.1 Å². The van der Waals surface area contributed by atoms with Gasteiger partial charge >= 0.3 is 0 Å². The molecule has 2 aromatic carbocycles. The van der Waals surface area contributed by atoms with Crippen LogP contribution in [0.3, 0.4) is 0 Å². The van der Waals surface area contributed by atoms with Crippen molar-refractivity contribution < 1.29 is 12.6 Å². The largest absolute Gasteiger partial charge is 0.297 e. The second-order valence-electron chi connectivity index (χ2n) is 6.23. The molecule has 1 radical (unpaired) electrons. The van der Waals surface area contributed by atoms with E-state index >= 15 is 0 Å². The number of rotatable bonds is 11. The molecule has 0 N–H and O–H groups in total. The minimum atomic E-state index is -3.69. The van der Waals surface area contributed by atoms with Crippen LogP contribution in [0.4, 0.5) is 0 Å². The van der Waals surface area contributed by atoms with Crippen LogP contribution < -0.4 is 0 Å². The molecule has 0 atom stereocenters. The Morgan fingerprint density at radius 2 is 1.40 bits per heavy atom. The molecule has 25 heavy (non-hydrogen) atoms. The molecular weight excluding hydrogens is 327 g/mol. The third-order valence-corrected chi connectivity index (χ3v) is 5.63. The predicted octanol–water partition coefficient (Wildman–Crippen LogP) is 5.31. The molecule has 3 nitrogen and oxygen atoms in total. The molecule has 133 valence electrons. The van der Waals surface area contributed by atoms with Crippen molar-refractivity contribution >= 4 is 39.8 Å². The van der Waals surface area contributed by atoms with Gasteiger partial charge in [-0.25, -0.2) is 0 Å². The van der Waals surface area contributed by atoms with E-state index in [1.54, 1.807) is 12.1 Å². The van der Waals surface area contributed by atoms with Gasteiger partial charge in [0.15, 0.2) is 0 Å². The first-order valence-corrected chi connectivity index (χ1v) is 10.4. The first-order valence-electron chi connectivity index (χ1n) is 9.02. The fraction of sp³-hybridized carbons (Fsp3) is 0.500. The van der Waals surface area contributed by atoms with Crippen molar-refractivity contribution in [2.24, 2.45) is 0 Å². The average molecular weight is 355 g/mol. The number of benzene rings is 2. The van der Waals surface area contributed by atoms with Gasteiger partial charge in [-0.1, -0.05) is 88.3 Å². The molecule has 0 aliphatic heterocycles. The summed E-state index contributed by atoms with van der Waals surface area (Å²) in [5.41, 5.74) is 0. The van der Waals surface area contributed by atoms with Crippen molar-refractivity contribution in [3.8, 4) is 0 Å². The van der Waals surface area contributed by atoms with Gasteiger partial charge in [0.2, 0.25) is 0 Å². The Hall–Kier alpha value is -0.793. The number of hydrogen-bond acceptors (Lipinski definition) is 3. The first kappa shape index (κ1) is 22.2. The summed E-state index contributed by atoms with van der Waals surface area (Å²) in [6.45, 7) is 2.48. The van der Waals surface area contributed by atoms with Crippen LogP contribution in [-0.2, 0) is 14.3 Å². The van der Waals surface area contributed by atoms with Gasteiger partial charge in [-0.2, -0.15) is 8.42 Å². The van der Waals surface area contributed by atoms with Crippen LogP contribution in [-0.4, -0.2) is 33.9 Å². The van der Waals surface area contributed by atoms with E-state index < -0.39 is 10.1 Å². The van der Waals surface area contributed by atoms with Crippen LogP contribution in [0.25, 0.3) is 10.8 Å². The van der Waals surface area contributed by atoms with E-state index in [9.17, 15) is 8.42 Å². The second-order valence-corrected chi connectivity index (χ2v) is 7.81. The summed E-state index contributed by atoms with van der Waals surface area (Å²) in [6.07, 6.45) is 9.37. The van der Waals surface area contributed by atoms with E-state index in [0.29, 0.717) is 0 Å². The van der Waals surface area contributed by atoms with Crippen LogP contribution in [0.1, 0.15) is 58.3 Å². The molecule has 0 fully saturated rings. The van der Waals surface area contributed by atoms with E-state index in [-0.39, 0.29) is 30.4 Å². The normalized spacial score (nSPS) is 11.4. The zero-order valence-electron chi connectivity index (χ0n) is 15.5. The molecule has 0 unspecified atom stereocenters. The molecule has 0 saturated carbocycles. The Morgan fingerprint density at radius 1 is 0.800 bits per heavy atom. The Morgan fingerprint density at radius 3 is 2.12 bits per heavy atom. The molecule has 0 spiro atoms. The van der Waals surface area contributed by atoms with Crippen LogP contribution in [0.15, 0.2) is 47.4 Å². The third-order valence-electron chi connectivity index (χ3n) is 4.26. The maximum absolute atomic E-state index is 12.4. The van der Waals surface area contributed by atoms with Crippen LogP contribution in [0, 0.1) is 0 Å². The zero-order valence-corrected chi connectivity index (χ0v) is 16.4. The van der Waals surface area contributed by atoms with E-state index in [1.807, 2.05) is 30.3 Å². The summed E-state index contributed by atoms with van der Waals surface area (Å²) in [4.78, 5) is 0.264. The monoisotopic (exact) mass is 355 g/mol. The molecule has 0 heterocycles. The van der Waals surface area contributed by atoms with Crippen molar-refractivity contribution in [2.45, 2.75) is 63.2 Å². The van der Waals surface area contributed by atoms with Crippen molar-refractivity contribution in [3.63, 3.8) is 0 Å². The number of unbranched alkanes of at least 4 members (excludes halogenated alkanes) is 7. The van der Waals surface area contributed by atoms with Gasteiger partial charge in [0, 0.05) is 24.2 Å². The summed E-state index contributed by atoms with van der Waals surface area (Å²) in [6, 6.07) is 12.8. The smallest absolute Gasteiger partial charge is 0.266 e. The number of fused-ring (bicyclic) bond motifs is 1. The first-order chi connectivity index (χ1) is 11.6. The molecule has 0 aliphatic rings. The van der Waals surface area contributed by atoms with Gasteiger partial charge in [0.05, 0.1) is 6.61 Å². The second kappa shape index (κ2) is 11.8. The van der Waals surface area contributed by atoms with Crippen molar-refractivity contribution in [1.82, 2.24) is 0 Å². The summed E-state index contributed by atoms with van der Waals surface area (Å²) in [5.74, 6) is 0. The third kappa shape index (κ3) is 7.15. The maximum atomic E-state index is 12.4. The molecule has 5 heteroatoms. The fourth-order valence-electron chi connectivity index (χ4n) is 2.88. The van der Waals surface area contributed by atoms with Crippen molar-refractivity contribution in [1.29, 1.82) is 0 Å². The number of hydrogen-bond donors (Lipinski definition) is 0. The molecule has 2 rings (SSSR count). The van der Waals surface area contributed by atoms with Gasteiger partial charge in [-0.15, -0.1) is 0 Å². The Kier molecular flexibility index (Phi) is 10.5. The fourth-order valence-corrected chi connectivity index (χ4v) is 4.05. The zero-order chi connectivity index (χ0) is 17.3. The van der Waals surface area contributed by atoms with Crippen molar-refractivity contribution in [2.75, 3.05) is 6.61 Å². The summed E-state index contributed by atoms with van der Waals surface area (Å²) in [7, 11) is -3.69. The Labute approximate surface area is 164 Å². The van der Waals surface area contributed by atoms with Crippen LogP contribution in [0.5, 0.6) is 0 Å². The van der Waals surface area contributed by atoms with E-state index in [2.05, 4.69) is 6.92 Å². The summed E-state index contributed by atoms with van der Waals surface area (Å²) in [5, 5.41) is 1.63. The minimum absolute atomic E-state index is 0. The van der Waals surface area contributed by atoms with Crippen molar-refractivity contribution in [3.05, 3.63) is 42.5 Å². The predicted molar refractivity (Wildman–Crippen MR) is 105 cm³/mol. The summed E-state index contributed by atoms with van der Waals surface area (Å²) >= 11 is 0. The van der Waals surface area contributed by atoms with E-state index in [4.69, 9.17) is 4.18 Å². The molecule has 0 bridgehead atoms. The van der Waals surface area contributed by atoms with Gasteiger partial charge in [0.25, 0.3) is 10.1 Å². The molecule has 0 saturated heterocycles. The van der Waals surface area contributed by atoms with Crippen LogP contribution >= 0.6 is 0 Å². The molecule has 0 aromatic heterocycles. The quantitative estimate of drug-likeness (QED) is 0.312. The van der Waals surface area contributed by atoms with Crippen LogP contribution in [0.2, 0.25) is 0 Å². The Bertz CT molecular complexity index is 723. The average Bonchev–Trinajstić information content (AvgIpc) is 2.59. The minimum Gasteiger partial charge on any atom is -0.266 e. The van der Waals surface area contributed by atoms with Gasteiger partial charge in [-0.05, 0) is 17.9 Å². The van der Waals surface area contributed by atoms with Gasteiger partial charge in [0.1, 0.15) is 4.90 Å². The summed E-state index contributed by atoms with van der Waals surface area (Å²) < 4.78 is 30.1. The standard InChI is InChI=1S/C20H28O3S.Li/c1-2-3-4-5-6-7-8-11-17-23-24(21,22)20-16-12-14-18-13-9-10-15-19(18)20;/h9-10,12-16H,2-8,11,17H2,1H3;. The van der Waals surface area contributed by atoms with Gasteiger partial charge in [-0.3, -0.25) is 4.18 Å². The molecule has 0 aliphatic carbocycles. The van der Waals surface area contributed by atoms with E-state index in [0.717, 1.165) is 30.0 Å². The van der Waals surface area contributed by atoms with Gasteiger partial charge < -0.3 is 0 Å². The SMILES string of the molecule is CCCCCCCCCCOS(=O)(=O)c1cccc2ccccc12.[Li]. The topological polar surface area (TPSA) is 43.4 Å². The Balaban J connectivity index is 0.00000312. The molecule has 0 amide bonds. The molecule has 2 aromatic rings. The molecular formula is C20H28LiO3S. The maximum Gasteiger partial charge on any atom is 0.297 e.